The van der Waals surface area contributed by atoms with Gasteiger partial charge in [-0.25, -0.2) is 0 Å². The van der Waals surface area contributed by atoms with Crippen molar-refractivity contribution in [3.63, 3.8) is 0 Å². The summed E-state index contributed by atoms with van der Waals surface area (Å²) in [4.78, 5) is 0. The molecule has 1 aromatic rings. The van der Waals surface area contributed by atoms with E-state index in [4.69, 9.17) is 4.74 Å². The molecule has 0 aromatic heterocycles. The van der Waals surface area contributed by atoms with Crippen LogP contribution in [0.4, 0.5) is 0 Å². The molecule has 0 saturated heterocycles. The Morgan fingerprint density at radius 2 is 1.40 bits per heavy atom. The molecule has 0 radical (unpaired) electrons. The maximum Gasteiger partial charge on any atom is 0.118 e. The van der Waals surface area contributed by atoms with Gasteiger partial charge in [-0.3, -0.25) is 0 Å². The zero-order chi connectivity index (χ0) is 17.5. The van der Waals surface area contributed by atoms with Gasteiger partial charge in [-0.2, -0.15) is 0 Å². The van der Waals surface area contributed by atoms with Gasteiger partial charge in [-0.05, 0) is 92.7 Å². The molecule has 138 valence electrons. The van der Waals surface area contributed by atoms with Gasteiger partial charge in [0.25, 0.3) is 0 Å². The number of ether oxygens (including phenoxy) is 1. The largest absolute Gasteiger partial charge is 0.497 e. The minimum absolute atomic E-state index is 0.750. The van der Waals surface area contributed by atoms with E-state index in [9.17, 15) is 0 Å². The van der Waals surface area contributed by atoms with Crippen molar-refractivity contribution in [1.29, 1.82) is 0 Å². The molecule has 2 fully saturated rings. The lowest BCUT2D eigenvalue weighted by molar-refractivity contribution is 0.292. The average Bonchev–Trinajstić information content (AvgIpc) is 2.68. The van der Waals surface area contributed by atoms with Crippen LogP contribution in [0.2, 0.25) is 0 Å². The topological polar surface area (TPSA) is 9.23 Å². The van der Waals surface area contributed by atoms with Crippen molar-refractivity contribution >= 4 is 0 Å². The third-order valence-electron chi connectivity index (χ3n) is 6.60. The van der Waals surface area contributed by atoms with Crippen LogP contribution < -0.4 is 4.74 Å². The number of benzene rings is 1. The van der Waals surface area contributed by atoms with Crippen LogP contribution in [-0.4, -0.2) is 7.11 Å². The Kier molecular flexibility index (Phi) is 7.02. The summed E-state index contributed by atoms with van der Waals surface area (Å²) in [5, 5.41) is 0. The minimum Gasteiger partial charge on any atom is -0.497 e. The average molecular weight is 341 g/mol. The van der Waals surface area contributed by atoms with Gasteiger partial charge in [0.05, 0.1) is 7.11 Å². The summed E-state index contributed by atoms with van der Waals surface area (Å²) in [7, 11) is 1.74. The molecule has 3 rings (SSSR count). The second-order valence-corrected chi connectivity index (χ2v) is 8.34. The summed E-state index contributed by atoms with van der Waals surface area (Å²) in [6.45, 7) is 2.33. The quantitative estimate of drug-likeness (QED) is 0.500. The van der Waals surface area contributed by atoms with Crippen LogP contribution in [0.25, 0.3) is 0 Å². The number of hydrogen-bond donors (Lipinski definition) is 0. The Morgan fingerprint density at radius 1 is 0.840 bits per heavy atom. The predicted octanol–water partition coefficient (Wildman–Crippen LogP) is 7.13. The van der Waals surface area contributed by atoms with Gasteiger partial charge in [0, 0.05) is 0 Å². The highest BCUT2D eigenvalue weighted by molar-refractivity contribution is 5.29. The molecular weight excluding hydrogens is 304 g/mol. The van der Waals surface area contributed by atoms with Crippen molar-refractivity contribution < 1.29 is 4.74 Å². The Labute approximate surface area is 154 Å². The molecule has 0 N–H and O–H groups in total. The molecule has 0 atom stereocenters. The van der Waals surface area contributed by atoms with Crippen LogP contribution in [0, 0.1) is 17.8 Å². The maximum atomic E-state index is 5.27. The molecular formula is C24H36O. The van der Waals surface area contributed by atoms with Crippen molar-refractivity contribution in [2.45, 2.75) is 77.0 Å². The second-order valence-electron chi connectivity index (χ2n) is 8.34. The monoisotopic (exact) mass is 340 g/mol. The fourth-order valence-electron chi connectivity index (χ4n) is 4.91. The standard InChI is InChI=1S/C24H36O/c1-3-4-19-5-7-20(8-6-19)9-10-21-11-13-22(14-12-21)23-15-17-24(25-2)18-16-23/h9-10,15-22H,3-8,11-14H2,1-2H3/b10-9+. The van der Waals surface area contributed by atoms with Gasteiger partial charge in [0.1, 0.15) is 5.75 Å². The van der Waals surface area contributed by atoms with E-state index in [1.54, 1.807) is 7.11 Å². The van der Waals surface area contributed by atoms with Gasteiger partial charge in [0.15, 0.2) is 0 Å². The summed E-state index contributed by atoms with van der Waals surface area (Å²) < 4.78 is 5.27. The molecule has 1 nitrogen and oxygen atoms in total. The normalized spacial score (nSPS) is 30.5. The first-order valence-electron chi connectivity index (χ1n) is 10.6. The summed E-state index contributed by atoms with van der Waals surface area (Å²) in [5.74, 6) is 4.43. The van der Waals surface area contributed by atoms with Gasteiger partial charge in [0.2, 0.25) is 0 Å². The third-order valence-corrected chi connectivity index (χ3v) is 6.60. The van der Waals surface area contributed by atoms with E-state index in [1.807, 2.05) is 0 Å². The first kappa shape index (κ1) is 18.5. The van der Waals surface area contributed by atoms with E-state index in [2.05, 4.69) is 43.3 Å². The maximum absolute atomic E-state index is 5.27. The lowest BCUT2D eigenvalue weighted by atomic mass is 9.77. The minimum atomic E-state index is 0.750. The molecule has 0 heterocycles. The summed E-state index contributed by atoms with van der Waals surface area (Å²) in [5.41, 5.74) is 1.50. The molecule has 0 bridgehead atoms. The predicted molar refractivity (Wildman–Crippen MR) is 107 cm³/mol. The lowest BCUT2D eigenvalue weighted by Gasteiger charge is -2.29. The highest BCUT2D eigenvalue weighted by atomic mass is 16.5. The number of hydrogen-bond acceptors (Lipinski definition) is 1. The summed E-state index contributed by atoms with van der Waals surface area (Å²) >= 11 is 0. The van der Waals surface area contributed by atoms with Crippen LogP contribution in [0.1, 0.15) is 82.6 Å². The van der Waals surface area contributed by atoms with Gasteiger partial charge in [-0.15, -0.1) is 0 Å². The van der Waals surface area contributed by atoms with E-state index in [0.717, 1.165) is 29.4 Å². The van der Waals surface area contributed by atoms with Crippen LogP contribution in [0.3, 0.4) is 0 Å². The van der Waals surface area contributed by atoms with Crippen LogP contribution >= 0.6 is 0 Å². The summed E-state index contributed by atoms with van der Waals surface area (Å²) in [6, 6.07) is 8.73. The van der Waals surface area contributed by atoms with E-state index >= 15 is 0 Å². The molecule has 1 heteroatoms. The van der Waals surface area contributed by atoms with E-state index in [-0.39, 0.29) is 0 Å². The smallest absolute Gasteiger partial charge is 0.118 e. The number of allylic oxidation sites excluding steroid dienone is 2. The molecule has 2 aliphatic carbocycles. The second kappa shape index (κ2) is 9.46. The highest BCUT2D eigenvalue weighted by Gasteiger charge is 2.22. The molecule has 2 saturated carbocycles. The first-order chi connectivity index (χ1) is 12.3. The van der Waals surface area contributed by atoms with Crippen LogP contribution in [-0.2, 0) is 0 Å². The van der Waals surface area contributed by atoms with Gasteiger partial charge in [-0.1, -0.05) is 44.1 Å². The molecule has 0 unspecified atom stereocenters. The van der Waals surface area contributed by atoms with Crippen molar-refractivity contribution in [3.05, 3.63) is 42.0 Å². The van der Waals surface area contributed by atoms with E-state index < -0.39 is 0 Å². The van der Waals surface area contributed by atoms with Crippen molar-refractivity contribution in [1.82, 2.24) is 0 Å². The third kappa shape index (κ3) is 5.36. The van der Waals surface area contributed by atoms with Crippen LogP contribution in [0.5, 0.6) is 5.75 Å². The molecule has 2 aliphatic rings. The zero-order valence-electron chi connectivity index (χ0n) is 16.3. The number of methoxy groups -OCH3 is 1. The first-order valence-corrected chi connectivity index (χ1v) is 10.6. The molecule has 0 aliphatic heterocycles. The fourth-order valence-corrected chi connectivity index (χ4v) is 4.91. The van der Waals surface area contributed by atoms with Gasteiger partial charge < -0.3 is 4.74 Å². The lowest BCUT2D eigenvalue weighted by Crippen LogP contribution is -2.14. The fraction of sp³-hybridized carbons (Fsp3) is 0.667. The SMILES string of the molecule is CCCC1CCC(/C=C/C2CCC(c3ccc(OC)cc3)CC2)CC1. The van der Waals surface area contributed by atoms with Crippen molar-refractivity contribution in [2.75, 3.05) is 7.11 Å². The van der Waals surface area contributed by atoms with E-state index in [1.165, 1.54) is 69.8 Å². The summed E-state index contributed by atoms with van der Waals surface area (Å²) in [6.07, 6.45) is 19.2. The molecule has 1 aromatic carbocycles. The zero-order valence-corrected chi connectivity index (χ0v) is 16.3. The van der Waals surface area contributed by atoms with Crippen molar-refractivity contribution in [3.8, 4) is 5.75 Å². The highest BCUT2D eigenvalue weighted by Crippen LogP contribution is 2.38. The molecule has 0 amide bonds. The Hall–Kier alpha value is -1.24. The van der Waals surface area contributed by atoms with Crippen LogP contribution in [0.15, 0.2) is 36.4 Å². The Balaban J connectivity index is 1.41. The van der Waals surface area contributed by atoms with Crippen molar-refractivity contribution in [2.24, 2.45) is 17.8 Å². The van der Waals surface area contributed by atoms with E-state index in [0.29, 0.717) is 0 Å². The molecule has 25 heavy (non-hydrogen) atoms. The number of rotatable bonds is 6. The Morgan fingerprint density at radius 3 is 1.92 bits per heavy atom. The van der Waals surface area contributed by atoms with Gasteiger partial charge >= 0.3 is 0 Å². The molecule has 0 spiro atoms. The Bertz CT molecular complexity index is 514.